The molecule has 0 amide bonds. The minimum atomic E-state index is -1.18. The molecule has 0 spiro atoms. The summed E-state index contributed by atoms with van der Waals surface area (Å²) in [5.74, 6) is -2.35. The highest BCUT2D eigenvalue weighted by molar-refractivity contribution is 6.21. The Kier molecular flexibility index (Phi) is 18.1. The van der Waals surface area contributed by atoms with Gasteiger partial charge >= 0.3 is 11.9 Å². The number of fused-ring (bicyclic) bond motifs is 2. The highest BCUT2D eigenvalue weighted by Crippen LogP contribution is 2.40. The summed E-state index contributed by atoms with van der Waals surface area (Å²) in [4.78, 5) is 84.2. The van der Waals surface area contributed by atoms with Crippen LogP contribution in [-0.4, -0.2) is 31.3 Å². The summed E-state index contributed by atoms with van der Waals surface area (Å²) in [6, 6.07) is 25.9. The van der Waals surface area contributed by atoms with Crippen molar-refractivity contribution in [2.75, 3.05) is 0 Å². The first-order valence-corrected chi connectivity index (χ1v) is 25.9. The van der Waals surface area contributed by atoms with Crippen molar-refractivity contribution in [2.45, 2.75) is 155 Å². The van der Waals surface area contributed by atoms with Crippen molar-refractivity contribution in [2.24, 2.45) is 0 Å². The Morgan fingerprint density at radius 3 is 0.871 bits per heavy atom. The average Bonchev–Trinajstić information content (AvgIpc) is 3.78. The van der Waals surface area contributed by atoms with E-state index in [1.807, 2.05) is 24.3 Å². The van der Waals surface area contributed by atoms with Crippen LogP contribution in [0, 0.1) is 0 Å². The lowest BCUT2D eigenvalue weighted by Crippen LogP contribution is -2.24. The normalized spacial score (nSPS) is 11.6. The van der Waals surface area contributed by atoms with E-state index >= 15 is 19.2 Å². The summed E-state index contributed by atoms with van der Waals surface area (Å²) in [5.41, 5.74) is 0.514. The molecule has 366 valence electrons. The number of hydrogen-bond donors (Lipinski definition) is 2. The number of carboxylic acids is 2. The average molecular weight is 945 g/mol. The largest absolute Gasteiger partial charge is 0.478 e. The second kappa shape index (κ2) is 24.7. The Bertz CT molecular complexity index is 2790. The predicted molar refractivity (Wildman–Crippen MR) is 283 cm³/mol. The van der Waals surface area contributed by atoms with E-state index in [0.717, 1.165) is 58.8 Å². The highest BCUT2D eigenvalue weighted by Gasteiger charge is 2.31. The molecule has 0 saturated carbocycles. The van der Waals surface area contributed by atoms with Crippen LogP contribution in [0.1, 0.15) is 174 Å². The van der Waals surface area contributed by atoms with Crippen LogP contribution >= 0.6 is 0 Å². The summed E-state index contributed by atoms with van der Waals surface area (Å²) in [7, 11) is 0. The van der Waals surface area contributed by atoms with Crippen molar-refractivity contribution in [3.8, 4) is 33.6 Å². The van der Waals surface area contributed by atoms with Crippen LogP contribution < -0.4 is 22.2 Å². The van der Waals surface area contributed by atoms with Gasteiger partial charge in [-0.3, -0.25) is 19.2 Å². The number of carboxylic acid groups (broad SMARTS) is 2. The maximum absolute atomic E-state index is 15.1. The van der Waals surface area contributed by atoms with E-state index in [9.17, 15) is 19.8 Å². The van der Waals surface area contributed by atoms with Gasteiger partial charge in [-0.25, -0.2) is 18.7 Å². The fraction of sp³-hybridized carbons (Fsp3) is 0.400. The lowest BCUT2D eigenvalue weighted by molar-refractivity contribution is 0.0686. The zero-order valence-corrected chi connectivity index (χ0v) is 41.0. The minimum Gasteiger partial charge on any atom is -0.478 e. The molecule has 0 aliphatic carbocycles. The number of carbonyl (C=O) groups is 2. The summed E-state index contributed by atoms with van der Waals surface area (Å²) in [6.45, 7) is 4.46. The molecule has 7 rings (SSSR count). The maximum Gasteiger partial charge on any atom is 0.335 e. The Morgan fingerprint density at radius 1 is 0.357 bits per heavy atom. The molecule has 5 aromatic carbocycles. The van der Waals surface area contributed by atoms with E-state index in [4.69, 9.17) is 0 Å². The molecule has 0 bridgehead atoms. The van der Waals surface area contributed by atoms with Gasteiger partial charge in [0.25, 0.3) is 22.2 Å². The number of aromatic nitrogens is 2. The number of aryl methyl sites for hydroxylation is 2. The smallest absolute Gasteiger partial charge is 0.335 e. The Morgan fingerprint density at radius 2 is 0.614 bits per heavy atom. The molecule has 0 atom stereocenters. The van der Waals surface area contributed by atoms with E-state index in [1.165, 1.54) is 151 Å². The molecular weight excluding hydrogens is 877 g/mol. The van der Waals surface area contributed by atoms with Crippen LogP contribution in [0.15, 0.2) is 116 Å². The van der Waals surface area contributed by atoms with E-state index in [-0.39, 0.29) is 54.9 Å². The van der Waals surface area contributed by atoms with Crippen molar-refractivity contribution >= 4 is 33.5 Å². The SMILES string of the molecule is CCCCCCCCCCCCc1ccc(-n2c(=O)c3c(-c4ccc(C(=O)O)cc4)c4c(=O)n(-c5ccc(CCCCCCCCCCCC)cc5)c(=O)c4c(-c4ccc(C(=O)O)cc4)c3c2=O)cc1. The number of rotatable bonds is 28. The van der Waals surface area contributed by atoms with Gasteiger partial charge in [-0.2, -0.15) is 0 Å². The molecule has 2 N–H and O–H groups in total. The molecule has 0 saturated heterocycles. The van der Waals surface area contributed by atoms with Crippen LogP contribution in [0.3, 0.4) is 0 Å². The van der Waals surface area contributed by atoms with Gasteiger partial charge in [0.05, 0.1) is 44.0 Å². The molecule has 0 unspecified atom stereocenters. The van der Waals surface area contributed by atoms with Gasteiger partial charge in [0.15, 0.2) is 0 Å². The zero-order valence-electron chi connectivity index (χ0n) is 41.0. The lowest BCUT2D eigenvalue weighted by Gasteiger charge is -2.11. The molecule has 0 aliphatic rings. The van der Waals surface area contributed by atoms with Gasteiger partial charge in [0.2, 0.25) is 0 Å². The van der Waals surface area contributed by atoms with Gasteiger partial charge in [0, 0.05) is 11.1 Å². The van der Waals surface area contributed by atoms with Crippen LogP contribution in [0.5, 0.6) is 0 Å². The third kappa shape index (κ3) is 11.8. The van der Waals surface area contributed by atoms with E-state index in [1.54, 1.807) is 24.3 Å². The van der Waals surface area contributed by atoms with Crippen molar-refractivity contribution in [1.82, 2.24) is 9.13 Å². The fourth-order valence-corrected chi connectivity index (χ4v) is 10.1. The standard InChI is InChI=1S/C60H68N2O8/c1-3-5-7-9-11-13-15-17-19-21-23-41-25-37-47(38-26-41)61-55(63)51-49(43-29-33-45(34-30-43)59(67)68)53-54(50(52(51)56(61)64)44-31-35-46(36-32-44)60(69)70)58(66)62(57(53)65)48-39-27-42(28-40-48)24-22-20-18-16-14-12-10-8-6-4-2/h25-40H,3-24H2,1-2H3,(H,67,68)(H,69,70). The molecule has 2 aromatic heterocycles. The van der Waals surface area contributed by atoms with Crippen LogP contribution in [0.2, 0.25) is 0 Å². The molecule has 10 nitrogen and oxygen atoms in total. The van der Waals surface area contributed by atoms with Crippen molar-refractivity contribution in [1.29, 1.82) is 0 Å². The number of nitrogens with zero attached hydrogens (tertiary/aromatic N) is 2. The first-order valence-electron chi connectivity index (χ1n) is 25.9. The van der Waals surface area contributed by atoms with Gasteiger partial charge in [-0.1, -0.05) is 178 Å². The second-order valence-electron chi connectivity index (χ2n) is 19.1. The summed E-state index contributed by atoms with van der Waals surface area (Å²) in [6.07, 6.45) is 26.3. The van der Waals surface area contributed by atoms with Gasteiger partial charge in [-0.05, 0) is 96.5 Å². The molecule has 0 fully saturated rings. The molecule has 0 aliphatic heterocycles. The third-order valence-electron chi connectivity index (χ3n) is 14.0. The van der Waals surface area contributed by atoms with Crippen LogP contribution in [-0.2, 0) is 12.8 Å². The molecule has 2 heterocycles. The first kappa shape index (κ1) is 51.2. The topological polar surface area (TPSA) is 153 Å². The Hall–Kier alpha value is -6.68. The monoisotopic (exact) mass is 944 g/mol. The number of hydrogen-bond acceptors (Lipinski definition) is 6. The van der Waals surface area contributed by atoms with Crippen LogP contribution in [0.4, 0.5) is 0 Å². The Labute approximate surface area is 410 Å². The van der Waals surface area contributed by atoms with Gasteiger partial charge < -0.3 is 10.2 Å². The van der Waals surface area contributed by atoms with Gasteiger partial charge in [-0.15, -0.1) is 0 Å². The molecule has 7 aromatic rings. The molecular formula is C60H68N2O8. The maximum atomic E-state index is 15.1. The van der Waals surface area contributed by atoms with E-state index in [2.05, 4.69) is 13.8 Å². The second-order valence-corrected chi connectivity index (χ2v) is 19.1. The van der Waals surface area contributed by atoms with E-state index < -0.39 is 34.2 Å². The molecule has 10 heteroatoms. The lowest BCUT2D eigenvalue weighted by atomic mass is 9.89. The highest BCUT2D eigenvalue weighted by atomic mass is 16.4. The first-order chi connectivity index (χ1) is 34.0. The molecule has 0 radical (unpaired) electrons. The summed E-state index contributed by atoms with van der Waals surface area (Å²) < 4.78 is 2.13. The predicted octanol–water partition coefficient (Wildman–Crippen LogP) is 13.5. The van der Waals surface area contributed by atoms with E-state index in [0.29, 0.717) is 11.4 Å². The minimum absolute atomic E-state index is 0.0315. The number of benzene rings is 5. The van der Waals surface area contributed by atoms with Crippen LogP contribution in [0.25, 0.3) is 55.2 Å². The van der Waals surface area contributed by atoms with Gasteiger partial charge in [0.1, 0.15) is 0 Å². The third-order valence-corrected chi connectivity index (χ3v) is 14.0. The Balaban J connectivity index is 1.28. The number of unbranched alkanes of at least 4 members (excludes halogenated alkanes) is 18. The van der Waals surface area contributed by atoms with Crippen molar-refractivity contribution < 1.29 is 19.8 Å². The van der Waals surface area contributed by atoms with Crippen molar-refractivity contribution in [3.05, 3.63) is 161 Å². The molecule has 70 heavy (non-hydrogen) atoms. The van der Waals surface area contributed by atoms with Crippen molar-refractivity contribution in [3.63, 3.8) is 0 Å². The summed E-state index contributed by atoms with van der Waals surface area (Å²) in [5, 5.41) is 19.2. The number of aromatic carboxylic acids is 2. The quantitative estimate of drug-likeness (QED) is 0.0460. The fourth-order valence-electron chi connectivity index (χ4n) is 10.1. The summed E-state index contributed by atoms with van der Waals surface area (Å²) >= 11 is 0. The zero-order chi connectivity index (χ0) is 49.6.